The SMILES string of the molecule is O=C(/C=C/c1ccc(Cl)cc1)Nc1ccc(N2CCOCC2)nc1. The number of hydrogen-bond donors (Lipinski definition) is 1. The molecule has 0 radical (unpaired) electrons. The molecule has 1 N–H and O–H groups in total. The topological polar surface area (TPSA) is 54.5 Å². The molecule has 124 valence electrons. The third-order valence-electron chi connectivity index (χ3n) is 3.65. The third-order valence-corrected chi connectivity index (χ3v) is 3.90. The highest BCUT2D eigenvalue weighted by molar-refractivity contribution is 6.30. The van der Waals surface area contributed by atoms with E-state index < -0.39 is 0 Å². The number of hydrogen-bond acceptors (Lipinski definition) is 4. The number of aromatic nitrogens is 1. The van der Waals surface area contributed by atoms with Crippen LogP contribution in [0.1, 0.15) is 5.56 Å². The quantitative estimate of drug-likeness (QED) is 0.866. The highest BCUT2D eigenvalue weighted by Crippen LogP contribution is 2.15. The summed E-state index contributed by atoms with van der Waals surface area (Å²) in [5.74, 6) is 0.693. The molecule has 1 fully saturated rings. The summed E-state index contributed by atoms with van der Waals surface area (Å²) < 4.78 is 5.33. The number of nitrogens with one attached hydrogen (secondary N) is 1. The Balaban J connectivity index is 1.57. The minimum absolute atomic E-state index is 0.203. The fraction of sp³-hybridized carbons (Fsp3) is 0.222. The van der Waals surface area contributed by atoms with Gasteiger partial charge < -0.3 is 15.0 Å². The van der Waals surface area contributed by atoms with Gasteiger partial charge >= 0.3 is 0 Å². The van der Waals surface area contributed by atoms with E-state index >= 15 is 0 Å². The van der Waals surface area contributed by atoms with Crippen molar-refractivity contribution in [1.29, 1.82) is 0 Å². The summed E-state index contributed by atoms with van der Waals surface area (Å²) in [5.41, 5.74) is 1.58. The van der Waals surface area contributed by atoms with Gasteiger partial charge in [-0.15, -0.1) is 0 Å². The van der Waals surface area contributed by atoms with Crippen LogP contribution in [0.15, 0.2) is 48.7 Å². The molecule has 1 aromatic heterocycles. The summed E-state index contributed by atoms with van der Waals surface area (Å²) in [6, 6.07) is 11.0. The van der Waals surface area contributed by atoms with Crippen LogP contribution in [0, 0.1) is 0 Å². The molecule has 2 heterocycles. The van der Waals surface area contributed by atoms with Gasteiger partial charge in [0.2, 0.25) is 5.91 Å². The number of carbonyl (C=O) groups excluding carboxylic acids is 1. The molecule has 0 spiro atoms. The maximum Gasteiger partial charge on any atom is 0.248 e. The number of benzene rings is 1. The predicted molar refractivity (Wildman–Crippen MR) is 96.4 cm³/mol. The van der Waals surface area contributed by atoms with E-state index in [1.165, 1.54) is 6.08 Å². The van der Waals surface area contributed by atoms with Gasteiger partial charge in [-0.05, 0) is 35.9 Å². The standard InChI is InChI=1S/C18H18ClN3O2/c19-15-4-1-14(2-5-15)3-8-18(23)21-16-6-7-17(20-13-16)22-9-11-24-12-10-22/h1-8,13H,9-12H2,(H,21,23)/b8-3+. The van der Waals surface area contributed by atoms with Gasteiger partial charge in [-0.3, -0.25) is 4.79 Å². The van der Waals surface area contributed by atoms with E-state index in [9.17, 15) is 4.79 Å². The average Bonchev–Trinajstić information content (AvgIpc) is 2.63. The van der Waals surface area contributed by atoms with Crippen LogP contribution in [0.5, 0.6) is 0 Å². The van der Waals surface area contributed by atoms with E-state index in [4.69, 9.17) is 16.3 Å². The molecular formula is C18H18ClN3O2. The number of rotatable bonds is 4. The van der Waals surface area contributed by atoms with Gasteiger partial charge in [0.25, 0.3) is 0 Å². The lowest BCUT2D eigenvalue weighted by molar-refractivity contribution is -0.111. The highest BCUT2D eigenvalue weighted by atomic mass is 35.5. The van der Waals surface area contributed by atoms with Crippen LogP contribution in [0.2, 0.25) is 5.02 Å². The van der Waals surface area contributed by atoms with Gasteiger partial charge in [-0.25, -0.2) is 4.98 Å². The molecule has 6 heteroatoms. The minimum Gasteiger partial charge on any atom is -0.378 e. The van der Waals surface area contributed by atoms with Crippen LogP contribution < -0.4 is 10.2 Å². The smallest absolute Gasteiger partial charge is 0.248 e. The summed E-state index contributed by atoms with van der Waals surface area (Å²) in [6.07, 6.45) is 4.89. The lowest BCUT2D eigenvalue weighted by atomic mass is 10.2. The van der Waals surface area contributed by atoms with Gasteiger partial charge in [0, 0.05) is 24.2 Å². The van der Waals surface area contributed by atoms with E-state index in [1.54, 1.807) is 24.4 Å². The molecule has 24 heavy (non-hydrogen) atoms. The number of amides is 1. The van der Waals surface area contributed by atoms with Crippen LogP contribution in [0.4, 0.5) is 11.5 Å². The Hall–Kier alpha value is -2.37. The summed E-state index contributed by atoms with van der Waals surface area (Å²) in [7, 11) is 0. The Labute approximate surface area is 145 Å². The van der Waals surface area contributed by atoms with E-state index in [1.807, 2.05) is 24.3 Å². The predicted octanol–water partition coefficient (Wildman–Crippen LogP) is 3.22. The monoisotopic (exact) mass is 343 g/mol. The Bertz CT molecular complexity index is 708. The normalized spacial score (nSPS) is 14.8. The first-order valence-corrected chi connectivity index (χ1v) is 8.12. The van der Waals surface area contributed by atoms with Gasteiger partial charge in [-0.2, -0.15) is 0 Å². The third kappa shape index (κ3) is 4.57. The van der Waals surface area contributed by atoms with E-state index in [-0.39, 0.29) is 5.91 Å². The maximum absolute atomic E-state index is 12.0. The molecule has 0 bridgehead atoms. The first-order valence-electron chi connectivity index (χ1n) is 7.74. The second kappa shape index (κ2) is 7.95. The molecule has 2 aromatic rings. The van der Waals surface area contributed by atoms with Crippen molar-refractivity contribution in [3.8, 4) is 0 Å². The zero-order valence-electron chi connectivity index (χ0n) is 13.1. The fourth-order valence-corrected chi connectivity index (χ4v) is 2.50. The molecule has 0 atom stereocenters. The lowest BCUT2D eigenvalue weighted by Gasteiger charge is -2.27. The van der Waals surface area contributed by atoms with Gasteiger partial charge in [0.15, 0.2) is 0 Å². The number of carbonyl (C=O) groups is 1. The van der Waals surface area contributed by atoms with Crippen LogP contribution in [-0.2, 0) is 9.53 Å². The van der Waals surface area contributed by atoms with Gasteiger partial charge in [0.1, 0.15) is 5.82 Å². The van der Waals surface area contributed by atoms with Crippen molar-refractivity contribution in [2.75, 3.05) is 36.5 Å². The summed E-state index contributed by atoms with van der Waals surface area (Å²) in [4.78, 5) is 18.5. The van der Waals surface area contributed by atoms with Gasteiger partial charge in [0.05, 0.1) is 25.1 Å². The number of ether oxygens (including phenoxy) is 1. The molecule has 0 aliphatic carbocycles. The van der Waals surface area contributed by atoms with E-state index in [2.05, 4.69) is 15.2 Å². The van der Waals surface area contributed by atoms with E-state index in [0.29, 0.717) is 10.7 Å². The van der Waals surface area contributed by atoms with Crippen molar-refractivity contribution >= 4 is 35.1 Å². The van der Waals surface area contributed by atoms with Crippen LogP contribution in [0.3, 0.4) is 0 Å². The molecule has 5 nitrogen and oxygen atoms in total. The van der Waals surface area contributed by atoms with Crippen molar-refractivity contribution in [2.45, 2.75) is 0 Å². The Morgan fingerprint density at radius 2 is 1.92 bits per heavy atom. The molecule has 0 unspecified atom stereocenters. The Morgan fingerprint density at radius 3 is 2.58 bits per heavy atom. The molecule has 3 rings (SSSR count). The summed E-state index contributed by atoms with van der Waals surface area (Å²) in [5, 5.41) is 3.47. The molecule has 1 amide bonds. The number of pyridine rings is 1. The maximum atomic E-state index is 12.0. The van der Waals surface area contributed by atoms with Crippen LogP contribution in [-0.4, -0.2) is 37.2 Å². The number of anilines is 2. The van der Waals surface area contributed by atoms with Crippen LogP contribution >= 0.6 is 11.6 Å². The zero-order chi connectivity index (χ0) is 16.8. The largest absolute Gasteiger partial charge is 0.378 e. The lowest BCUT2D eigenvalue weighted by Crippen LogP contribution is -2.36. The summed E-state index contributed by atoms with van der Waals surface area (Å²) in [6.45, 7) is 3.11. The highest BCUT2D eigenvalue weighted by Gasteiger charge is 2.12. The van der Waals surface area contributed by atoms with E-state index in [0.717, 1.165) is 37.7 Å². The summed E-state index contributed by atoms with van der Waals surface area (Å²) >= 11 is 5.83. The average molecular weight is 344 g/mol. The molecule has 1 saturated heterocycles. The minimum atomic E-state index is -0.203. The first kappa shape index (κ1) is 16.5. The van der Waals surface area contributed by atoms with Crippen molar-refractivity contribution in [3.63, 3.8) is 0 Å². The molecule has 1 aromatic carbocycles. The molecule has 0 saturated carbocycles. The molecular weight excluding hydrogens is 326 g/mol. The zero-order valence-corrected chi connectivity index (χ0v) is 13.9. The van der Waals surface area contributed by atoms with Crippen molar-refractivity contribution in [3.05, 3.63) is 59.3 Å². The first-order chi connectivity index (χ1) is 11.7. The molecule has 1 aliphatic heterocycles. The Kier molecular flexibility index (Phi) is 5.46. The van der Waals surface area contributed by atoms with Crippen LogP contribution in [0.25, 0.3) is 6.08 Å². The van der Waals surface area contributed by atoms with Crippen molar-refractivity contribution < 1.29 is 9.53 Å². The fourth-order valence-electron chi connectivity index (χ4n) is 2.37. The van der Waals surface area contributed by atoms with Crippen molar-refractivity contribution in [1.82, 2.24) is 4.98 Å². The second-order valence-corrected chi connectivity index (χ2v) is 5.82. The van der Waals surface area contributed by atoms with Gasteiger partial charge in [-0.1, -0.05) is 23.7 Å². The molecule has 1 aliphatic rings. The number of morpholine rings is 1. The second-order valence-electron chi connectivity index (χ2n) is 5.38. The Morgan fingerprint density at radius 1 is 1.17 bits per heavy atom. The number of halogens is 1. The number of nitrogens with zero attached hydrogens (tertiary/aromatic N) is 2. The van der Waals surface area contributed by atoms with Crippen molar-refractivity contribution in [2.24, 2.45) is 0 Å².